The molecule has 0 fully saturated rings. The Labute approximate surface area is 101 Å². The van der Waals surface area contributed by atoms with E-state index in [4.69, 9.17) is 0 Å². The van der Waals surface area contributed by atoms with Crippen molar-refractivity contribution >= 4 is 21.7 Å². The van der Waals surface area contributed by atoms with Crippen molar-refractivity contribution < 1.29 is 0 Å². The maximum Gasteiger partial charge on any atom is 0.128 e. The lowest BCUT2D eigenvalue weighted by Crippen LogP contribution is -2.24. The zero-order chi connectivity index (χ0) is 11.3. The van der Waals surface area contributed by atoms with Gasteiger partial charge in [-0.15, -0.1) is 0 Å². The molecule has 0 radical (unpaired) electrons. The van der Waals surface area contributed by atoms with Crippen LogP contribution in [0.3, 0.4) is 0 Å². The monoisotopic (exact) mass is 270 g/mol. The minimum Gasteiger partial charge on any atom is -0.359 e. The lowest BCUT2D eigenvalue weighted by atomic mass is 10.1. The summed E-state index contributed by atoms with van der Waals surface area (Å²) >= 11 is 3.42. The van der Waals surface area contributed by atoms with Gasteiger partial charge in [-0.25, -0.2) is 4.98 Å². The first-order chi connectivity index (χ1) is 7.17. The van der Waals surface area contributed by atoms with Crippen LogP contribution < -0.4 is 4.90 Å². The first kappa shape index (κ1) is 12.5. The predicted octanol–water partition coefficient (Wildman–Crippen LogP) is 3.46. The molecule has 0 amide bonds. The molecule has 1 rings (SSSR count). The highest BCUT2D eigenvalue weighted by molar-refractivity contribution is 9.08. The van der Waals surface area contributed by atoms with Gasteiger partial charge in [0.1, 0.15) is 5.82 Å². The highest BCUT2D eigenvalue weighted by atomic mass is 79.9. The number of hydrogen-bond donors (Lipinski definition) is 0. The summed E-state index contributed by atoms with van der Waals surface area (Å²) in [6, 6.07) is 4.20. The van der Waals surface area contributed by atoms with Crippen molar-refractivity contribution in [2.24, 2.45) is 5.92 Å². The fraction of sp³-hybridized carbons (Fsp3) is 0.583. The van der Waals surface area contributed by atoms with Crippen molar-refractivity contribution in [2.45, 2.75) is 25.6 Å². The van der Waals surface area contributed by atoms with Gasteiger partial charge in [-0.1, -0.05) is 42.3 Å². The minimum absolute atomic E-state index is 0.715. The summed E-state index contributed by atoms with van der Waals surface area (Å²) in [5, 5.41) is 0.870. The Kier molecular flexibility index (Phi) is 5.09. The molecular weight excluding hydrogens is 252 g/mol. The van der Waals surface area contributed by atoms with E-state index in [1.165, 1.54) is 12.0 Å². The molecule has 0 bridgehead atoms. The summed E-state index contributed by atoms with van der Waals surface area (Å²) in [6.45, 7) is 5.56. The van der Waals surface area contributed by atoms with E-state index in [9.17, 15) is 0 Å². The molecule has 2 nitrogen and oxygen atoms in total. The molecule has 0 saturated heterocycles. The fourth-order valence-electron chi connectivity index (χ4n) is 1.41. The van der Waals surface area contributed by atoms with Crippen LogP contribution in [0.15, 0.2) is 18.3 Å². The second-order valence-electron chi connectivity index (χ2n) is 4.05. The standard InChI is InChI=1S/C12H19BrN2/c1-4-10(2)9-15(3)12-6-5-11(7-13)8-14-12/h5-6,8,10H,4,7,9H2,1-3H3. The average molecular weight is 271 g/mol. The summed E-state index contributed by atoms with van der Waals surface area (Å²) in [6.07, 6.45) is 3.14. The number of rotatable bonds is 5. The van der Waals surface area contributed by atoms with Gasteiger partial charge in [0.2, 0.25) is 0 Å². The van der Waals surface area contributed by atoms with Crippen molar-refractivity contribution in [2.75, 3.05) is 18.5 Å². The maximum atomic E-state index is 4.43. The van der Waals surface area contributed by atoms with Gasteiger partial charge >= 0.3 is 0 Å². The Morgan fingerprint density at radius 2 is 2.20 bits per heavy atom. The van der Waals surface area contributed by atoms with Gasteiger partial charge in [-0.05, 0) is 17.5 Å². The maximum absolute atomic E-state index is 4.43. The molecule has 1 atom stereocenters. The Morgan fingerprint density at radius 1 is 1.47 bits per heavy atom. The van der Waals surface area contributed by atoms with Crippen LogP contribution >= 0.6 is 15.9 Å². The number of hydrogen-bond acceptors (Lipinski definition) is 2. The second-order valence-corrected chi connectivity index (χ2v) is 4.61. The zero-order valence-corrected chi connectivity index (χ0v) is 11.3. The number of halogens is 1. The van der Waals surface area contributed by atoms with Crippen molar-refractivity contribution in [3.05, 3.63) is 23.9 Å². The molecular formula is C12H19BrN2. The summed E-state index contributed by atoms with van der Waals surface area (Å²) in [4.78, 5) is 6.65. The number of nitrogens with zero attached hydrogens (tertiary/aromatic N) is 2. The molecule has 0 aromatic carbocycles. The third-order valence-electron chi connectivity index (χ3n) is 2.64. The van der Waals surface area contributed by atoms with Crippen LogP contribution in [0.2, 0.25) is 0 Å². The van der Waals surface area contributed by atoms with Crippen LogP contribution in [0.4, 0.5) is 5.82 Å². The molecule has 0 saturated carbocycles. The molecule has 1 aromatic rings. The summed E-state index contributed by atoms with van der Waals surface area (Å²) in [7, 11) is 2.10. The molecule has 0 aliphatic rings. The van der Waals surface area contributed by atoms with Gasteiger partial charge in [0.05, 0.1) is 0 Å². The fourth-order valence-corrected chi connectivity index (χ4v) is 1.74. The SMILES string of the molecule is CCC(C)CN(C)c1ccc(CBr)cn1. The highest BCUT2D eigenvalue weighted by Crippen LogP contribution is 2.13. The van der Waals surface area contributed by atoms with Crippen molar-refractivity contribution in [1.82, 2.24) is 4.98 Å². The van der Waals surface area contributed by atoms with Gasteiger partial charge in [0.15, 0.2) is 0 Å². The van der Waals surface area contributed by atoms with E-state index in [1.54, 1.807) is 0 Å². The van der Waals surface area contributed by atoms with E-state index in [2.05, 4.69) is 58.8 Å². The zero-order valence-electron chi connectivity index (χ0n) is 9.70. The van der Waals surface area contributed by atoms with Gasteiger partial charge in [0.25, 0.3) is 0 Å². The Hall–Kier alpha value is -0.570. The topological polar surface area (TPSA) is 16.1 Å². The Balaban J connectivity index is 2.61. The van der Waals surface area contributed by atoms with Crippen molar-refractivity contribution in [3.8, 4) is 0 Å². The van der Waals surface area contributed by atoms with E-state index in [1.807, 2.05) is 6.20 Å². The van der Waals surface area contributed by atoms with E-state index < -0.39 is 0 Å². The molecule has 15 heavy (non-hydrogen) atoms. The molecule has 1 unspecified atom stereocenters. The molecule has 0 spiro atoms. The summed E-state index contributed by atoms with van der Waals surface area (Å²) in [5.74, 6) is 1.77. The van der Waals surface area contributed by atoms with Crippen LogP contribution in [-0.2, 0) is 5.33 Å². The van der Waals surface area contributed by atoms with E-state index in [0.717, 1.165) is 17.7 Å². The molecule has 0 aliphatic carbocycles. The van der Waals surface area contributed by atoms with E-state index in [-0.39, 0.29) is 0 Å². The Morgan fingerprint density at radius 3 is 2.67 bits per heavy atom. The van der Waals surface area contributed by atoms with E-state index >= 15 is 0 Å². The number of aromatic nitrogens is 1. The third kappa shape index (κ3) is 3.82. The smallest absolute Gasteiger partial charge is 0.128 e. The number of alkyl halides is 1. The molecule has 0 aliphatic heterocycles. The number of anilines is 1. The summed E-state index contributed by atoms with van der Waals surface area (Å²) in [5.41, 5.74) is 1.22. The Bertz CT molecular complexity index is 284. The first-order valence-electron chi connectivity index (χ1n) is 5.39. The van der Waals surface area contributed by atoms with Crippen LogP contribution in [0.25, 0.3) is 0 Å². The third-order valence-corrected chi connectivity index (χ3v) is 3.28. The molecule has 84 valence electrons. The van der Waals surface area contributed by atoms with Gasteiger partial charge in [-0.3, -0.25) is 0 Å². The molecule has 0 N–H and O–H groups in total. The molecule has 1 heterocycles. The lowest BCUT2D eigenvalue weighted by Gasteiger charge is -2.21. The van der Waals surface area contributed by atoms with Crippen molar-refractivity contribution in [3.63, 3.8) is 0 Å². The van der Waals surface area contributed by atoms with Crippen LogP contribution in [0.1, 0.15) is 25.8 Å². The number of pyridine rings is 1. The van der Waals surface area contributed by atoms with Crippen LogP contribution in [0.5, 0.6) is 0 Å². The first-order valence-corrected chi connectivity index (χ1v) is 6.51. The molecule has 1 aromatic heterocycles. The largest absolute Gasteiger partial charge is 0.359 e. The van der Waals surface area contributed by atoms with Crippen molar-refractivity contribution in [1.29, 1.82) is 0 Å². The van der Waals surface area contributed by atoms with E-state index in [0.29, 0.717) is 5.92 Å². The average Bonchev–Trinajstić information content (AvgIpc) is 2.29. The predicted molar refractivity (Wildman–Crippen MR) is 69.6 cm³/mol. The highest BCUT2D eigenvalue weighted by Gasteiger charge is 2.06. The van der Waals surface area contributed by atoms with Crippen LogP contribution in [-0.4, -0.2) is 18.6 Å². The minimum atomic E-state index is 0.715. The lowest BCUT2D eigenvalue weighted by molar-refractivity contribution is 0.557. The quantitative estimate of drug-likeness (QED) is 0.762. The normalized spacial score (nSPS) is 12.5. The van der Waals surface area contributed by atoms with Gasteiger partial charge in [-0.2, -0.15) is 0 Å². The second kappa shape index (κ2) is 6.11. The molecule has 3 heteroatoms. The van der Waals surface area contributed by atoms with Crippen LogP contribution in [0, 0.1) is 5.92 Å². The van der Waals surface area contributed by atoms with Gasteiger partial charge < -0.3 is 4.90 Å². The van der Waals surface area contributed by atoms with Gasteiger partial charge in [0, 0.05) is 25.1 Å². The summed E-state index contributed by atoms with van der Waals surface area (Å²) < 4.78 is 0.